The molecule has 5 nitrogen and oxygen atoms in total. The number of rotatable bonds is 2. The Hall–Kier alpha value is -1.78. The molecule has 0 aromatic heterocycles. The van der Waals surface area contributed by atoms with Gasteiger partial charge in [-0.15, -0.1) is 10.2 Å². The van der Waals surface area contributed by atoms with Gasteiger partial charge in [0.2, 0.25) is 0 Å². The Morgan fingerprint density at radius 3 is 2.73 bits per heavy atom. The lowest BCUT2D eigenvalue weighted by molar-refractivity contribution is -0.131. The van der Waals surface area contributed by atoms with Crippen molar-refractivity contribution in [3.05, 3.63) is 23.9 Å². The van der Waals surface area contributed by atoms with Gasteiger partial charge >= 0.3 is 5.97 Å². The van der Waals surface area contributed by atoms with E-state index in [1.807, 2.05) is 0 Å². The maximum atomic E-state index is 10.4. The Morgan fingerprint density at radius 1 is 1.55 bits per heavy atom. The second-order valence-electron chi connectivity index (χ2n) is 1.78. The molecule has 1 aliphatic rings. The zero-order valence-corrected chi connectivity index (χ0v) is 5.39. The Bertz CT molecular complexity index is 288. The first kappa shape index (κ1) is 7.33. The van der Waals surface area contributed by atoms with Gasteiger partial charge < -0.3 is 5.11 Å². The topological polar surface area (TPSA) is 79.1 Å². The number of nitrogens with zero attached hydrogens (tertiary/aromatic N) is 2. The van der Waals surface area contributed by atoms with Crippen LogP contribution in [0, 0.1) is 0 Å². The molecule has 56 valence electrons. The molecule has 11 heavy (non-hydrogen) atoms. The van der Waals surface area contributed by atoms with Crippen LogP contribution in [-0.2, 0) is 9.59 Å². The van der Waals surface area contributed by atoms with Crippen LogP contribution in [0.5, 0.6) is 0 Å². The molecule has 0 atom stereocenters. The minimum Gasteiger partial charge on any atom is -0.478 e. The van der Waals surface area contributed by atoms with Crippen LogP contribution < -0.4 is 0 Å². The van der Waals surface area contributed by atoms with Crippen molar-refractivity contribution in [2.24, 2.45) is 10.2 Å². The number of hydrogen-bond donors (Lipinski definition) is 1. The van der Waals surface area contributed by atoms with Crippen LogP contribution in [0.25, 0.3) is 0 Å². The molecule has 0 fully saturated rings. The van der Waals surface area contributed by atoms with Crippen molar-refractivity contribution in [3.63, 3.8) is 0 Å². The second-order valence-corrected chi connectivity index (χ2v) is 1.78. The molecule has 0 bridgehead atoms. The van der Waals surface area contributed by atoms with E-state index in [1.165, 1.54) is 6.08 Å². The molecule has 0 spiro atoms. The Balaban J connectivity index is 2.66. The van der Waals surface area contributed by atoms with Gasteiger partial charge in [-0.3, -0.25) is 4.79 Å². The number of carbonyl (C=O) groups excluding carboxylic acids is 1. The average molecular weight is 152 g/mol. The van der Waals surface area contributed by atoms with Gasteiger partial charge in [0.25, 0.3) is 5.91 Å². The zero-order valence-electron chi connectivity index (χ0n) is 5.39. The first-order valence-corrected chi connectivity index (χ1v) is 2.77. The van der Waals surface area contributed by atoms with E-state index in [2.05, 4.69) is 10.2 Å². The summed E-state index contributed by atoms with van der Waals surface area (Å²) in [5.74, 6) is -1.55. The molecule has 0 unspecified atom stereocenters. The summed E-state index contributed by atoms with van der Waals surface area (Å²) in [6, 6.07) is 0. The lowest BCUT2D eigenvalue weighted by Crippen LogP contribution is -1.85. The molecule has 1 amide bonds. The van der Waals surface area contributed by atoms with Crippen molar-refractivity contribution >= 4 is 11.9 Å². The third kappa shape index (κ3) is 2.13. The quantitative estimate of drug-likeness (QED) is 0.585. The molecule has 1 aliphatic heterocycles. The third-order valence-corrected chi connectivity index (χ3v) is 0.932. The van der Waals surface area contributed by atoms with Crippen molar-refractivity contribution in [1.82, 2.24) is 0 Å². The number of hydrogen-bond acceptors (Lipinski definition) is 3. The summed E-state index contributed by atoms with van der Waals surface area (Å²) < 4.78 is 0. The van der Waals surface area contributed by atoms with Gasteiger partial charge in [-0.25, -0.2) is 4.79 Å². The van der Waals surface area contributed by atoms with Crippen LogP contribution in [-0.4, -0.2) is 17.0 Å². The number of carbonyl (C=O) groups is 2. The summed E-state index contributed by atoms with van der Waals surface area (Å²) >= 11 is 0. The number of azo groups is 1. The first-order valence-electron chi connectivity index (χ1n) is 2.77. The first-order chi connectivity index (χ1) is 5.18. The maximum Gasteiger partial charge on any atom is 0.328 e. The molecule has 1 N–H and O–H groups in total. The minimum absolute atomic E-state index is 0.261. The molecular weight excluding hydrogens is 148 g/mol. The molecule has 0 saturated carbocycles. The fraction of sp³-hybridized carbons (Fsp3) is 0. The van der Waals surface area contributed by atoms with Crippen molar-refractivity contribution in [2.75, 3.05) is 0 Å². The van der Waals surface area contributed by atoms with E-state index >= 15 is 0 Å². The summed E-state index contributed by atoms with van der Waals surface area (Å²) in [5.41, 5.74) is 0.261. The van der Waals surface area contributed by atoms with Crippen LogP contribution in [0.15, 0.2) is 34.2 Å². The van der Waals surface area contributed by atoms with E-state index in [0.717, 1.165) is 12.2 Å². The van der Waals surface area contributed by atoms with Gasteiger partial charge in [0.05, 0.1) is 5.70 Å². The van der Waals surface area contributed by atoms with Crippen molar-refractivity contribution < 1.29 is 14.7 Å². The SMILES string of the molecule is O=C(O)C=CC1=CC(=O)N=N1. The van der Waals surface area contributed by atoms with E-state index in [1.54, 1.807) is 0 Å². The van der Waals surface area contributed by atoms with Gasteiger partial charge in [0.15, 0.2) is 0 Å². The van der Waals surface area contributed by atoms with E-state index in [0.29, 0.717) is 0 Å². The monoisotopic (exact) mass is 152 g/mol. The molecule has 0 aliphatic carbocycles. The number of carboxylic acid groups (broad SMARTS) is 1. The molecule has 0 radical (unpaired) electrons. The molecule has 1 rings (SSSR count). The summed E-state index contributed by atoms with van der Waals surface area (Å²) in [6.45, 7) is 0. The van der Waals surface area contributed by atoms with Gasteiger partial charge in [-0.1, -0.05) is 0 Å². The average Bonchev–Trinajstić information content (AvgIpc) is 2.31. The van der Waals surface area contributed by atoms with Gasteiger partial charge in [-0.2, -0.15) is 0 Å². The van der Waals surface area contributed by atoms with Gasteiger partial charge in [0, 0.05) is 12.2 Å². The molecule has 1 heterocycles. The van der Waals surface area contributed by atoms with Crippen molar-refractivity contribution in [2.45, 2.75) is 0 Å². The predicted molar refractivity (Wildman–Crippen MR) is 34.7 cm³/mol. The molecule has 0 aromatic rings. The van der Waals surface area contributed by atoms with E-state index in [-0.39, 0.29) is 5.70 Å². The largest absolute Gasteiger partial charge is 0.478 e. The standard InChI is InChI=1S/C6H4N2O3/c9-5-3-4(7-8-5)1-2-6(10)11/h1-3H,(H,10,11). The van der Waals surface area contributed by atoms with E-state index in [9.17, 15) is 9.59 Å². The highest BCUT2D eigenvalue weighted by atomic mass is 16.4. The molecular formula is C6H4N2O3. The van der Waals surface area contributed by atoms with Crippen molar-refractivity contribution in [3.8, 4) is 0 Å². The van der Waals surface area contributed by atoms with E-state index < -0.39 is 11.9 Å². The van der Waals surface area contributed by atoms with Crippen molar-refractivity contribution in [1.29, 1.82) is 0 Å². The van der Waals surface area contributed by atoms with Gasteiger partial charge in [-0.05, 0) is 6.08 Å². The number of amides is 1. The predicted octanol–water partition coefficient (Wildman–Crippen LogP) is 0.504. The van der Waals surface area contributed by atoms with Crippen LogP contribution >= 0.6 is 0 Å². The summed E-state index contributed by atoms with van der Waals surface area (Å²) in [6.07, 6.45) is 3.25. The lowest BCUT2D eigenvalue weighted by atomic mass is 10.3. The molecule has 0 aromatic carbocycles. The summed E-state index contributed by atoms with van der Waals surface area (Å²) in [7, 11) is 0. The van der Waals surface area contributed by atoms with Crippen LogP contribution in [0.2, 0.25) is 0 Å². The fourth-order valence-electron chi connectivity index (χ4n) is 0.529. The second kappa shape index (κ2) is 2.87. The van der Waals surface area contributed by atoms with Crippen LogP contribution in [0.3, 0.4) is 0 Å². The lowest BCUT2D eigenvalue weighted by Gasteiger charge is -1.79. The minimum atomic E-state index is -1.08. The highest BCUT2D eigenvalue weighted by Crippen LogP contribution is 2.07. The zero-order chi connectivity index (χ0) is 8.27. The van der Waals surface area contributed by atoms with E-state index in [4.69, 9.17) is 5.11 Å². The summed E-state index contributed by atoms with van der Waals surface area (Å²) in [4.78, 5) is 20.3. The Labute approximate surface area is 61.7 Å². The number of allylic oxidation sites excluding steroid dienone is 1. The molecule has 0 saturated heterocycles. The Morgan fingerprint density at radius 2 is 2.27 bits per heavy atom. The third-order valence-electron chi connectivity index (χ3n) is 0.932. The highest BCUT2D eigenvalue weighted by Gasteiger charge is 2.04. The van der Waals surface area contributed by atoms with Gasteiger partial charge in [0.1, 0.15) is 0 Å². The smallest absolute Gasteiger partial charge is 0.328 e. The fourth-order valence-corrected chi connectivity index (χ4v) is 0.529. The molecule has 5 heteroatoms. The summed E-state index contributed by atoms with van der Waals surface area (Å²) in [5, 5.41) is 14.7. The van der Waals surface area contributed by atoms with Crippen LogP contribution in [0.4, 0.5) is 0 Å². The highest BCUT2D eigenvalue weighted by molar-refractivity contribution is 5.91. The van der Waals surface area contributed by atoms with Crippen LogP contribution in [0.1, 0.15) is 0 Å². The maximum absolute atomic E-state index is 10.4. The normalized spacial score (nSPS) is 16.0. The number of carboxylic acids is 1. The Kier molecular flexibility index (Phi) is 1.91. The number of aliphatic carboxylic acids is 1.